The van der Waals surface area contributed by atoms with Crippen molar-refractivity contribution in [3.8, 4) is 0 Å². The van der Waals surface area contributed by atoms with E-state index in [1.165, 1.54) is 0 Å². The minimum atomic E-state index is -4.05. The predicted molar refractivity (Wildman–Crippen MR) is 34.9 cm³/mol. The summed E-state index contributed by atoms with van der Waals surface area (Å²) < 4.78 is 34.6. The van der Waals surface area contributed by atoms with E-state index in [9.17, 15) is 13.2 Å². The largest absolute Gasteiger partial charge is 0.441 e. The first kappa shape index (κ1) is 8.20. The number of thioether (sulfide) groups is 1. The van der Waals surface area contributed by atoms with Gasteiger partial charge in [-0.2, -0.15) is 13.2 Å². The third-order valence-electron chi connectivity index (χ3n) is 1.35. The number of halogens is 3. The van der Waals surface area contributed by atoms with Crippen molar-refractivity contribution in [2.45, 2.75) is 5.51 Å². The van der Waals surface area contributed by atoms with Crippen LogP contribution in [0.15, 0.2) is 0 Å². The van der Waals surface area contributed by atoms with Gasteiger partial charge < -0.3 is 5.32 Å². The molecular weight excluding hydrogens is 163 g/mol. The van der Waals surface area contributed by atoms with E-state index in [0.29, 0.717) is 0 Å². The molecule has 0 amide bonds. The second kappa shape index (κ2) is 3.00. The van der Waals surface area contributed by atoms with Crippen LogP contribution >= 0.6 is 11.8 Å². The van der Waals surface area contributed by atoms with Crippen molar-refractivity contribution < 1.29 is 13.2 Å². The number of hydrogen-bond donors (Lipinski definition) is 1. The summed E-state index contributed by atoms with van der Waals surface area (Å²) in [6, 6.07) is 0. The Morgan fingerprint density at radius 2 is 2.00 bits per heavy atom. The van der Waals surface area contributed by atoms with Crippen molar-refractivity contribution in [2.75, 3.05) is 18.8 Å². The molecule has 1 rings (SSSR count). The SMILES string of the molecule is FC(F)(F)SCC1CNC1. The fraction of sp³-hybridized carbons (Fsp3) is 1.00. The summed E-state index contributed by atoms with van der Waals surface area (Å²) in [5.74, 6) is 0.433. The highest BCUT2D eigenvalue weighted by atomic mass is 32.2. The Bertz CT molecular complexity index is 110. The molecule has 10 heavy (non-hydrogen) atoms. The Morgan fingerprint density at radius 1 is 1.40 bits per heavy atom. The molecule has 1 nitrogen and oxygen atoms in total. The van der Waals surface area contributed by atoms with Crippen LogP contribution in [0.1, 0.15) is 0 Å². The van der Waals surface area contributed by atoms with Crippen molar-refractivity contribution in [1.29, 1.82) is 0 Å². The highest BCUT2D eigenvalue weighted by molar-refractivity contribution is 8.00. The molecule has 1 fully saturated rings. The number of rotatable bonds is 2. The average Bonchev–Trinajstić information content (AvgIpc) is 1.56. The van der Waals surface area contributed by atoms with E-state index >= 15 is 0 Å². The van der Waals surface area contributed by atoms with Crippen LogP contribution in [0.4, 0.5) is 13.2 Å². The molecule has 0 aliphatic carbocycles. The van der Waals surface area contributed by atoms with E-state index in [1.807, 2.05) is 0 Å². The molecular formula is C5H8F3NS. The van der Waals surface area contributed by atoms with Crippen molar-refractivity contribution in [3.05, 3.63) is 0 Å². The zero-order valence-corrected chi connectivity index (χ0v) is 6.06. The maximum absolute atomic E-state index is 11.5. The zero-order chi connectivity index (χ0) is 7.61. The second-order valence-electron chi connectivity index (χ2n) is 2.28. The van der Waals surface area contributed by atoms with Crippen molar-refractivity contribution in [1.82, 2.24) is 5.32 Å². The van der Waals surface area contributed by atoms with E-state index in [-0.39, 0.29) is 23.4 Å². The Kier molecular flexibility index (Phi) is 2.46. The quantitative estimate of drug-likeness (QED) is 0.675. The van der Waals surface area contributed by atoms with Crippen LogP contribution in [0.3, 0.4) is 0 Å². The highest BCUT2D eigenvalue weighted by Gasteiger charge is 2.30. The van der Waals surface area contributed by atoms with Crippen LogP contribution in [0.25, 0.3) is 0 Å². The third-order valence-corrected chi connectivity index (χ3v) is 2.31. The fourth-order valence-corrected chi connectivity index (χ4v) is 1.34. The van der Waals surface area contributed by atoms with E-state index in [0.717, 1.165) is 13.1 Å². The Labute approximate surface area is 61.4 Å². The molecule has 0 aromatic heterocycles. The Hall–Kier alpha value is 0.1000. The highest BCUT2D eigenvalue weighted by Crippen LogP contribution is 2.32. The van der Waals surface area contributed by atoms with Gasteiger partial charge in [-0.15, -0.1) is 0 Å². The Balaban J connectivity index is 2.04. The van der Waals surface area contributed by atoms with Gasteiger partial charge in [0.2, 0.25) is 0 Å². The van der Waals surface area contributed by atoms with Crippen LogP contribution in [-0.4, -0.2) is 24.4 Å². The monoisotopic (exact) mass is 171 g/mol. The van der Waals surface area contributed by atoms with Gasteiger partial charge in [-0.3, -0.25) is 0 Å². The van der Waals surface area contributed by atoms with Gasteiger partial charge in [0.15, 0.2) is 0 Å². The summed E-state index contributed by atoms with van der Waals surface area (Å²) in [6.45, 7) is 1.48. The summed E-state index contributed by atoms with van der Waals surface area (Å²) in [5.41, 5.74) is -4.05. The number of nitrogens with one attached hydrogen (secondary N) is 1. The van der Waals surface area contributed by atoms with E-state index < -0.39 is 5.51 Å². The molecule has 0 atom stereocenters. The summed E-state index contributed by atoms with van der Waals surface area (Å²) in [7, 11) is 0. The summed E-state index contributed by atoms with van der Waals surface area (Å²) in [5, 5.41) is 2.92. The van der Waals surface area contributed by atoms with Gasteiger partial charge in [0.25, 0.3) is 0 Å². The van der Waals surface area contributed by atoms with Crippen LogP contribution in [-0.2, 0) is 0 Å². The molecule has 0 radical (unpaired) electrons. The molecule has 0 saturated carbocycles. The lowest BCUT2D eigenvalue weighted by molar-refractivity contribution is -0.0330. The molecule has 60 valence electrons. The smallest absolute Gasteiger partial charge is 0.316 e. The number of alkyl halides is 3. The molecule has 0 bridgehead atoms. The van der Waals surface area contributed by atoms with Gasteiger partial charge >= 0.3 is 5.51 Å². The topological polar surface area (TPSA) is 12.0 Å². The van der Waals surface area contributed by atoms with Crippen LogP contribution in [0, 0.1) is 5.92 Å². The minimum absolute atomic E-state index is 0.0775. The van der Waals surface area contributed by atoms with Crippen molar-refractivity contribution >= 4 is 11.8 Å². The summed E-state index contributed by atoms with van der Waals surface area (Å²) in [4.78, 5) is 0. The molecule has 5 heteroatoms. The molecule has 1 heterocycles. The average molecular weight is 171 g/mol. The van der Waals surface area contributed by atoms with E-state index in [2.05, 4.69) is 5.32 Å². The van der Waals surface area contributed by atoms with Gasteiger partial charge in [-0.1, -0.05) is 11.8 Å². The molecule has 0 spiro atoms. The van der Waals surface area contributed by atoms with Gasteiger partial charge in [-0.05, 0) is 19.0 Å². The molecule has 1 saturated heterocycles. The fourth-order valence-electron chi connectivity index (χ4n) is 0.679. The van der Waals surface area contributed by atoms with Crippen LogP contribution in [0.2, 0.25) is 0 Å². The van der Waals surface area contributed by atoms with Crippen molar-refractivity contribution in [2.24, 2.45) is 5.92 Å². The second-order valence-corrected chi connectivity index (χ2v) is 3.37. The first-order chi connectivity index (χ1) is 4.58. The van der Waals surface area contributed by atoms with E-state index in [4.69, 9.17) is 0 Å². The number of hydrogen-bond acceptors (Lipinski definition) is 2. The maximum atomic E-state index is 11.5. The molecule has 0 aromatic rings. The van der Waals surface area contributed by atoms with Crippen molar-refractivity contribution in [3.63, 3.8) is 0 Å². The standard InChI is InChI=1S/C5H8F3NS/c6-5(7,8)10-3-4-1-9-2-4/h4,9H,1-3H2. The minimum Gasteiger partial charge on any atom is -0.316 e. The molecule has 1 N–H and O–H groups in total. The molecule has 1 aliphatic heterocycles. The van der Waals surface area contributed by atoms with Gasteiger partial charge in [0.05, 0.1) is 0 Å². The lowest BCUT2D eigenvalue weighted by Gasteiger charge is -2.26. The van der Waals surface area contributed by atoms with Gasteiger partial charge in [-0.25, -0.2) is 0 Å². The summed E-state index contributed by atoms with van der Waals surface area (Å²) >= 11 is 0.0775. The lowest BCUT2D eigenvalue weighted by atomic mass is 10.1. The third kappa shape index (κ3) is 2.79. The maximum Gasteiger partial charge on any atom is 0.441 e. The van der Waals surface area contributed by atoms with Gasteiger partial charge in [0, 0.05) is 5.75 Å². The summed E-state index contributed by atoms with van der Waals surface area (Å²) in [6.07, 6.45) is 0. The predicted octanol–water partition coefficient (Wildman–Crippen LogP) is 1.46. The molecule has 0 unspecified atom stereocenters. The Morgan fingerprint density at radius 3 is 2.30 bits per heavy atom. The normalized spacial score (nSPS) is 20.7. The van der Waals surface area contributed by atoms with Crippen LogP contribution in [0.5, 0.6) is 0 Å². The first-order valence-electron chi connectivity index (χ1n) is 2.99. The van der Waals surface area contributed by atoms with E-state index in [1.54, 1.807) is 0 Å². The molecule has 0 aromatic carbocycles. The van der Waals surface area contributed by atoms with Crippen LogP contribution < -0.4 is 5.32 Å². The zero-order valence-electron chi connectivity index (χ0n) is 5.24. The first-order valence-corrected chi connectivity index (χ1v) is 3.98. The lowest BCUT2D eigenvalue weighted by Crippen LogP contribution is -2.43. The van der Waals surface area contributed by atoms with Gasteiger partial charge in [0.1, 0.15) is 0 Å². The molecule has 1 aliphatic rings.